The minimum atomic E-state index is -0.250. The molecule has 1 N–H and O–H groups in total. The fourth-order valence-electron chi connectivity index (χ4n) is 2.61. The second-order valence-electron chi connectivity index (χ2n) is 5.55. The highest BCUT2D eigenvalue weighted by molar-refractivity contribution is 5.74. The van der Waals surface area contributed by atoms with Gasteiger partial charge in [0.1, 0.15) is 5.52 Å². The van der Waals surface area contributed by atoms with Gasteiger partial charge >= 0.3 is 0 Å². The van der Waals surface area contributed by atoms with Crippen LogP contribution >= 0.6 is 0 Å². The van der Waals surface area contributed by atoms with Crippen LogP contribution < -0.4 is 5.32 Å². The second-order valence-corrected chi connectivity index (χ2v) is 5.55. The van der Waals surface area contributed by atoms with E-state index in [2.05, 4.69) is 56.8 Å². The minimum Gasteiger partial charge on any atom is -0.328 e. The van der Waals surface area contributed by atoms with Crippen LogP contribution in [0.5, 0.6) is 0 Å². The second kappa shape index (κ2) is 6.08. The van der Waals surface area contributed by atoms with Crippen molar-refractivity contribution in [3.8, 4) is 0 Å². The van der Waals surface area contributed by atoms with Gasteiger partial charge in [-0.05, 0) is 30.7 Å². The quantitative estimate of drug-likeness (QED) is 0.626. The number of nitrogens with one attached hydrogen (secondary N) is 1. The maximum Gasteiger partial charge on any atom is 0.224 e. The van der Waals surface area contributed by atoms with Gasteiger partial charge in [0, 0.05) is 12.4 Å². The van der Waals surface area contributed by atoms with Crippen LogP contribution in [0.1, 0.15) is 17.3 Å². The van der Waals surface area contributed by atoms with Gasteiger partial charge in [0.25, 0.3) is 0 Å². The van der Waals surface area contributed by atoms with Crippen LogP contribution in [0, 0.1) is 6.92 Å². The lowest BCUT2D eigenvalue weighted by atomic mass is 10.1. The Morgan fingerprint density at radius 2 is 1.67 bits per heavy atom. The van der Waals surface area contributed by atoms with Crippen LogP contribution in [0.2, 0.25) is 0 Å². The largest absolute Gasteiger partial charge is 0.328 e. The molecule has 6 heteroatoms. The third-order valence-electron chi connectivity index (χ3n) is 3.85. The van der Waals surface area contributed by atoms with Gasteiger partial charge in [0.2, 0.25) is 5.95 Å². The van der Waals surface area contributed by atoms with Crippen molar-refractivity contribution in [1.29, 1.82) is 0 Å². The zero-order chi connectivity index (χ0) is 16.4. The zero-order valence-electron chi connectivity index (χ0n) is 13.2. The normalized spacial score (nSPS) is 12.2. The summed E-state index contributed by atoms with van der Waals surface area (Å²) in [6, 6.07) is 18.0. The monoisotopic (exact) mass is 316 g/mol. The van der Waals surface area contributed by atoms with Gasteiger partial charge in [-0.1, -0.05) is 47.2 Å². The molecule has 1 atom stereocenters. The summed E-state index contributed by atoms with van der Waals surface area (Å²) in [7, 11) is 0. The van der Waals surface area contributed by atoms with Crippen molar-refractivity contribution in [1.82, 2.24) is 25.0 Å². The first kappa shape index (κ1) is 14.3. The molecule has 0 radical (unpaired) electrons. The molecule has 2 aromatic heterocycles. The summed E-state index contributed by atoms with van der Waals surface area (Å²) in [5.41, 5.74) is 4.07. The standard InChI is InChI=1S/C18H16N6/c1-13-7-9-14(10-8-13)17(21-18-19-11-4-12-20-18)24-16-6-3-2-5-15(16)22-23-24/h2-12,17H,1H3,(H,19,20,21). The van der Waals surface area contributed by atoms with E-state index in [1.165, 1.54) is 5.56 Å². The molecule has 0 aliphatic carbocycles. The number of anilines is 1. The van der Waals surface area contributed by atoms with E-state index in [0.717, 1.165) is 16.6 Å². The van der Waals surface area contributed by atoms with E-state index in [-0.39, 0.29) is 6.17 Å². The fourth-order valence-corrected chi connectivity index (χ4v) is 2.61. The van der Waals surface area contributed by atoms with Gasteiger partial charge in [0.05, 0.1) is 5.52 Å². The Labute approximate surface area is 139 Å². The molecule has 4 aromatic rings. The van der Waals surface area contributed by atoms with Crippen LogP contribution in [-0.2, 0) is 0 Å². The van der Waals surface area contributed by atoms with Gasteiger partial charge in [-0.2, -0.15) is 0 Å². The highest BCUT2D eigenvalue weighted by Crippen LogP contribution is 2.23. The van der Waals surface area contributed by atoms with Crippen LogP contribution in [0.25, 0.3) is 11.0 Å². The molecular formula is C18H16N6. The van der Waals surface area contributed by atoms with Gasteiger partial charge in [-0.25, -0.2) is 14.6 Å². The number of rotatable bonds is 4. The lowest BCUT2D eigenvalue weighted by Crippen LogP contribution is -2.22. The summed E-state index contributed by atoms with van der Waals surface area (Å²) < 4.78 is 1.86. The van der Waals surface area contributed by atoms with E-state index >= 15 is 0 Å². The molecule has 0 bridgehead atoms. The Bertz CT molecular complexity index is 946. The summed E-state index contributed by atoms with van der Waals surface area (Å²) in [5, 5.41) is 11.9. The lowest BCUT2D eigenvalue weighted by Gasteiger charge is -2.20. The van der Waals surface area contributed by atoms with E-state index in [9.17, 15) is 0 Å². The summed E-state index contributed by atoms with van der Waals surface area (Å²) in [6.07, 6.45) is 3.17. The molecule has 0 aliphatic rings. The van der Waals surface area contributed by atoms with E-state index in [1.54, 1.807) is 18.5 Å². The SMILES string of the molecule is Cc1ccc(C(Nc2ncccn2)n2nnc3ccccc32)cc1. The van der Waals surface area contributed by atoms with Crippen molar-refractivity contribution in [2.24, 2.45) is 0 Å². The van der Waals surface area contributed by atoms with Crippen molar-refractivity contribution in [3.05, 3.63) is 78.1 Å². The van der Waals surface area contributed by atoms with Crippen molar-refractivity contribution in [3.63, 3.8) is 0 Å². The number of hydrogen-bond donors (Lipinski definition) is 1. The molecule has 0 fully saturated rings. The molecule has 118 valence electrons. The molecular weight excluding hydrogens is 300 g/mol. The minimum absolute atomic E-state index is 0.250. The first-order valence-corrected chi connectivity index (χ1v) is 7.71. The topological polar surface area (TPSA) is 68.5 Å². The lowest BCUT2D eigenvalue weighted by molar-refractivity contribution is 0.567. The molecule has 1 unspecified atom stereocenters. The molecule has 2 heterocycles. The highest BCUT2D eigenvalue weighted by atomic mass is 15.5. The number of fused-ring (bicyclic) bond motifs is 1. The smallest absolute Gasteiger partial charge is 0.224 e. The molecule has 0 aliphatic heterocycles. The number of aryl methyl sites for hydroxylation is 1. The van der Waals surface area contributed by atoms with Gasteiger partial charge in [0.15, 0.2) is 6.17 Å². The molecule has 24 heavy (non-hydrogen) atoms. The first-order valence-electron chi connectivity index (χ1n) is 7.71. The van der Waals surface area contributed by atoms with E-state index < -0.39 is 0 Å². The van der Waals surface area contributed by atoms with E-state index in [4.69, 9.17) is 0 Å². The molecule has 4 rings (SSSR count). The van der Waals surface area contributed by atoms with Crippen LogP contribution in [-0.4, -0.2) is 25.0 Å². The van der Waals surface area contributed by atoms with Crippen LogP contribution in [0.3, 0.4) is 0 Å². The van der Waals surface area contributed by atoms with Gasteiger partial charge in [-0.15, -0.1) is 5.10 Å². The molecule has 0 saturated heterocycles. The maximum absolute atomic E-state index is 4.34. The molecule has 6 nitrogen and oxygen atoms in total. The number of aromatic nitrogens is 5. The summed E-state index contributed by atoms with van der Waals surface area (Å²) in [4.78, 5) is 8.54. The number of hydrogen-bond acceptors (Lipinski definition) is 5. The zero-order valence-corrected chi connectivity index (χ0v) is 13.2. The van der Waals surface area contributed by atoms with Gasteiger partial charge in [-0.3, -0.25) is 0 Å². The third kappa shape index (κ3) is 2.69. The number of nitrogens with zero attached hydrogens (tertiary/aromatic N) is 5. The predicted molar refractivity (Wildman–Crippen MR) is 92.5 cm³/mol. The first-order chi connectivity index (χ1) is 11.8. The Kier molecular flexibility index (Phi) is 3.63. The fraction of sp³-hybridized carbons (Fsp3) is 0.111. The molecule has 0 amide bonds. The molecule has 0 saturated carbocycles. The van der Waals surface area contributed by atoms with Gasteiger partial charge < -0.3 is 5.32 Å². The summed E-state index contributed by atoms with van der Waals surface area (Å²) in [6.45, 7) is 2.07. The van der Waals surface area contributed by atoms with E-state index in [1.807, 2.05) is 28.9 Å². The van der Waals surface area contributed by atoms with Crippen molar-refractivity contribution in [2.45, 2.75) is 13.1 Å². The van der Waals surface area contributed by atoms with Crippen molar-refractivity contribution >= 4 is 17.0 Å². The number of benzene rings is 2. The third-order valence-corrected chi connectivity index (χ3v) is 3.85. The average molecular weight is 316 g/mol. The predicted octanol–water partition coefficient (Wildman–Crippen LogP) is 3.19. The Morgan fingerprint density at radius 3 is 2.46 bits per heavy atom. The maximum atomic E-state index is 4.34. The average Bonchev–Trinajstić information content (AvgIpc) is 3.05. The Morgan fingerprint density at radius 1 is 0.917 bits per heavy atom. The Hall–Kier alpha value is -3.28. The summed E-state index contributed by atoms with van der Waals surface area (Å²) >= 11 is 0. The molecule has 2 aromatic carbocycles. The van der Waals surface area contributed by atoms with Crippen LogP contribution in [0.4, 0.5) is 5.95 Å². The van der Waals surface area contributed by atoms with Crippen molar-refractivity contribution in [2.75, 3.05) is 5.32 Å². The van der Waals surface area contributed by atoms with Crippen LogP contribution in [0.15, 0.2) is 67.0 Å². The van der Waals surface area contributed by atoms with Crippen molar-refractivity contribution < 1.29 is 0 Å². The molecule has 0 spiro atoms. The Balaban J connectivity index is 1.82. The highest BCUT2D eigenvalue weighted by Gasteiger charge is 2.18. The number of para-hydroxylation sites is 1. The summed E-state index contributed by atoms with van der Waals surface area (Å²) in [5.74, 6) is 0.544. The van der Waals surface area contributed by atoms with E-state index in [0.29, 0.717) is 5.95 Å².